The summed E-state index contributed by atoms with van der Waals surface area (Å²) in [6.45, 7) is 8.13. The van der Waals surface area contributed by atoms with E-state index in [4.69, 9.17) is 23.9 Å². The van der Waals surface area contributed by atoms with E-state index in [0.29, 0.717) is 31.2 Å². The number of fused-ring (bicyclic) bond motifs is 1. The van der Waals surface area contributed by atoms with Gasteiger partial charge in [-0.3, -0.25) is 0 Å². The largest absolute Gasteiger partial charge is 0.444 e. The molecule has 196 valence electrons. The molecule has 10 nitrogen and oxygen atoms in total. The molecule has 37 heavy (non-hydrogen) atoms. The van der Waals surface area contributed by atoms with Crippen molar-refractivity contribution in [1.82, 2.24) is 19.9 Å². The first kappa shape index (κ1) is 25.0. The van der Waals surface area contributed by atoms with Crippen LogP contribution < -0.4 is 10.6 Å². The summed E-state index contributed by atoms with van der Waals surface area (Å²) in [5.74, 6) is 1.96. The molecule has 3 aromatic rings. The van der Waals surface area contributed by atoms with Gasteiger partial charge >= 0.3 is 6.09 Å². The predicted molar refractivity (Wildman–Crippen MR) is 140 cm³/mol. The molecule has 0 saturated carbocycles. The Morgan fingerprint density at radius 3 is 2.76 bits per heavy atom. The molecule has 1 fully saturated rings. The van der Waals surface area contributed by atoms with E-state index in [1.165, 1.54) is 6.39 Å². The van der Waals surface area contributed by atoms with Crippen molar-refractivity contribution in [3.63, 3.8) is 0 Å². The number of oxazole rings is 1. The van der Waals surface area contributed by atoms with Gasteiger partial charge in [-0.05, 0) is 64.3 Å². The van der Waals surface area contributed by atoms with Crippen molar-refractivity contribution in [2.75, 3.05) is 30.3 Å². The van der Waals surface area contributed by atoms with Crippen LogP contribution in [0.25, 0.3) is 11.3 Å². The summed E-state index contributed by atoms with van der Waals surface area (Å²) in [7, 11) is 0. The minimum atomic E-state index is -0.549. The topological polar surface area (TPSA) is 115 Å². The highest BCUT2D eigenvalue weighted by Gasteiger charge is 2.29. The highest BCUT2D eigenvalue weighted by atomic mass is 16.6. The molecule has 1 atom stereocenters. The second-order valence-corrected chi connectivity index (χ2v) is 10.4. The molecule has 2 aliphatic rings. The maximum Gasteiger partial charge on any atom is 0.410 e. The third-order valence-corrected chi connectivity index (χ3v) is 6.35. The Kier molecular flexibility index (Phi) is 7.27. The van der Waals surface area contributed by atoms with Gasteiger partial charge in [0, 0.05) is 42.9 Å². The first-order valence-corrected chi connectivity index (χ1v) is 12.8. The number of rotatable bonds is 7. The molecule has 10 heteroatoms. The number of hydrogen-bond acceptors (Lipinski definition) is 9. The quantitative estimate of drug-likeness (QED) is 0.449. The number of nitrogens with one attached hydrogen (secondary N) is 2. The summed E-state index contributed by atoms with van der Waals surface area (Å²) in [6.07, 6.45) is 6.79. The fraction of sp³-hybridized carbons (Fsp3) is 0.481. The van der Waals surface area contributed by atoms with Crippen molar-refractivity contribution in [2.24, 2.45) is 0 Å². The van der Waals surface area contributed by atoms with Crippen LogP contribution in [-0.2, 0) is 22.4 Å². The normalized spacial score (nSPS) is 17.4. The average Bonchev–Trinajstić information content (AvgIpc) is 3.58. The number of benzene rings is 1. The lowest BCUT2D eigenvalue weighted by atomic mass is 10.1. The number of carbonyl (C=O) groups is 1. The number of amides is 1. The summed E-state index contributed by atoms with van der Waals surface area (Å²) < 4.78 is 16.8. The van der Waals surface area contributed by atoms with Gasteiger partial charge in [0.15, 0.2) is 12.2 Å². The van der Waals surface area contributed by atoms with Crippen LogP contribution in [-0.4, -0.2) is 57.3 Å². The zero-order valence-electron chi connectivity index (χ0n) is 21.6. The predicted octanol–water partition coefficient (Wildman–Crippen LogP) is 5.15. The Labute approximate surface area is 216 Å². The van der Waals surface area contributed by atoms with Crippen LogP contribution >= 0.6 is 0 Å². The lowest BCUT2D eigenvalue weighted by Gasteiger charge is -2.31. The van der Waals surface area contributed by atoms with Gasteiger partial charge < -0.3 is 29.4 Å². The summed E-state index contributed by atoms with van der Waals surface area (Å²) in [4.78, 5) is 28.0. The second kappa shape index (κ2) is 10.8. The molecule has 1 saturated heterocycles. The highest BCUT2D eigenvalue weighted by Crippen LogP contribution is 2.29. The van der Waals surface area contributed by atoms with Crippen LogP contribution in [0.2, 0.25) is 0 Å². The van der Waals surface area contributed by atoms with Crippen LogP contribution in [0, 0.1) is 0 Å². The maximum atomic E-state index is 12.7. The van der Waals surface area contributed by atoms with E-state index in [-0.39, 0.29) is 12.2 Å². The fourth-order valence-corrected chi connectivity index (χ4v) is 4.53. The van der Waals surface area contributed by atoms with Crippen molar-refractivity contribution in [3.05, 3.63) is 48.1 Å². The van der Waals surface area contributed by atoms with Gasteiger partial charge in [0.05, 0.1) is 24.5 Å². The van der Waals surface area contributed by atoms with Crippen LogP contribution in [0.4, 0.5) is 22.2 Å². The fourth-order valence-electron chi connectivity index (χ4n) is 4.53. The maximum absolute atomic E-state index is 12.7. The van der Waals surface area contributed by atoms with Gasteiger partial charge in [0.2, 0.25) is 5.95 Å². The molecule has 2 aromatic heterocycles. The minimum Gasteiger partial charge on any atom is -0.444 e. The lowest BCUT2D eigenvalue weighted by molar-refractivity contribution is 0.0223. The molecule has 2 N–H and O–H groups in total. The van der Waals surface area contributed by atoms with E-state index in [1.54, 1.807) is 11.1 Å². The SMILES string of the molecule is CC(C)(C)OC(=O)N1CCc2nc(Nc3ccc(-c4cnco4)cc3)nc(NCCC3CCCO3)c2C1. The molecule has 2 aliphatic heterocycles. The Morgan fingerprint density at radius 1 is 1.22 bits per heavy atom. The summed E-state index contributed by atoms with van der Waals surface area (Å²) in [6, 6.07) is 7.83. The molecular formula is C27H34N6O4. The third kappa shape index (κ3) is 6.37. The molecule has 1 aromatic carbocycles. The standard InChI is InChI=1S/C27H34N6O4/c1-27(2,3)37-26(34)33-13-11-22-21(16-33)24(29-12-10-20-5-4-14-35-20)32-25(31-22)30-19-8-6-18(7-9-19)23-15-28-17-36-23/h6-9,15,17,20H,4-5,10-14,16H2,1-3H3,(H2,29,30,31,32). The Morgan fingerprint density at radius 2 is 2.05 bits per heavy atom. The van der Waals surface area contributed by atoms with Crippen molar-refractivity contribution >= 4 is 23.5 Å². The van der Waals surface area contributed by atoms with Gasteiger partial charge in [-0.15, -0.1) is 0 Å². The van der Waals surface area contributed by atoms with Crippen molar-refractivity contribution in [2.45, 2.75) is 64.7 Å². The van der Waals surface area contributed by atoms with Gasteiger partial charge in [-0.1, -0.05) is 0 Å². The van der Waals surface area contributed by atoms with Crippen LogP contribution in [0.3, 0.4) is 0 Å². The Bertz CT molecular complexity index is 1200. The first-order valence-electron chi connectivity index (χ1n) is 12.8. The van der Waals surface area contributed by atoms with E-state index in [1.807, 2.05) is 45.0 Å². The lowest BCUT2D eigenvalue weighted by Crippen LogP contribution is -2.40. The molecule has 1 amide bonds. The smallest absolute Gasteiger partial charge is 0.410 e. The molecule has 5 rings (SSSR count). The summed E-state index contributed by atoms with van der Waals surface area (Å²) in [5, 5.41) is 6.82. The van der Waals surface area contributed by atoms with Gasteiger partial charge in [0.25, 0.3) is 0 Å². The van der Waals surface area contributed by atoms with Crippen LogP contribution in [0.1, 0.15) is 51.3 Å². The second-order valence-electron chi connectivity index (χ2n) is 10.4. The zero-order valence-corrected chi connectivity index (χ0v) is 21.6. The summed E-state index contributed by atoms with van der Waals surface area (Å²) in [5.41, 5.74) is 3.10. The van der Waals surface area contributed by atoms with Crippen molar-refractivity contribution in [1.29, 1.82) is 0 Å². The molecule has 0 spiro atoms. The van der Waals surface area contributed by atoms with E-state index < -0.39 is 5.60 Å². The zero-order chi connectivity index (χ0) is 25.8. The molecule has 0 aliphatic carbocycles. The molecule has 0 radical (unpaired) electrons. The van der Waals surface area contributed by atoms with Crippen LogP contribution in [0.15, 0.2) is 41.3 Å². The van der Waals surface area contributed by atoms with E-state index in [0.717, 1.165) is 60.7 Å². The van der Waals surface area contributed by atoms with E-state index in [9.17, 15) is 4.79 Å². The number of nitrogens with zero attached hydrogens (tertiary/aromatic N) is 4. The molecule has 1 unspecified atom stereocenters. The van der Waals surface area contributed by atoms with Crippen molar-refractivity contribution < 1.29 is 18.7 Å². The first-order chi connectivity index (χ1) is 17.8. The number of anilines is 3. The third-order valence-electron chi connectivity index (χ3n) is 6.35. The van der Waals surface area contributed by atoms with Gasteiger partial charge in [0.1, 0.15) is 11.4 Å². The average molecular weight is 507 g/mol. The van der Waals surface area contributed by atoms with E-state index in [2.05, 4.69) is 15.6 Å². The molecular weight excluding hydrogens is 472 g/mol. The molecule has 4 heterocycles. The van der Waals surface area contributed by atoms with Gasteiger partial charge in [-0.25, -0.2) is 14.8 Å². The van der Waals surface area contributed by atoms with Crippen molar-refractivity contribution in [3.8, 4) is 11.3 Å². The summed E-state index contributed by atoms with van der Waals surface area (Å²) >= 11 is 0. The Hall–Kier alpha value is -3.66. The molecule has 0 bridgehead atoms. The number of carbonyl (C=O) groups excluding carboxylic acids is 1. The van der Waals surface area contributed by atoms with E-state index >= 15 is 0 Å². The number of ether oxygens (including phenoxy) is 2. The Balaban J connectivity index is 1.34. The monoisotopic (exact) mass is 506 g/mol. The minimum absolute atomic E-state index is 0.281. The van der Waals surface area contributed by atoms with Crippen LogP contribution in [0.5, 0.6) is 0 Å². The number of aromatic nitrogens is 3. The highest BCUT2D eigenvalue weighted by molar-refractivity contribution is 5.70. The van der Waals surface area contributed by atoms with Gasteiger partial charge in [-0.2, -0.15) is 4.98 Å². The number of hydrogen-bond donors (Lipinski definition) is 2.